The fraction of sp³-hybridized carbons (Fsp3) is 0.462. The zero-order valence-electron chi connectivity index (χ0n) is 9.86. The second-order valence-corrected chi connectivity index (χ2v) is 5.23. The van der Waals surface area contributed by atoms with Crippen molar-refractivity contribution in [1.82, 2.24) is 5.32 Å². The van der Waals surface area contributed by atoms with Gasteiger partial charge in [-0.15, -0.1) is 11.3 Å². The molecule has 0 aromatic carbocycles. The summed E-state index contributed by atoms with van der Waals surface area (Å²) < 4.78 is 0. The molecule has 86 valence electrons. The third-order valence-electron chi connectivity index (χ3n) is 2.46. The van der Waals surface area contributed by atoms with Crippen molar-refractivity contribution < 1.29 is 0 Å². The summed E-state index contributed by atoms with van der Waals surface area (Å²) in [4.78, 5) is 5.95. The van der Waals surface area contributed by atoms with Crippen molar-refractivity contribution in [1.29, 1.82) is 0 Å². The fourth-order valence-corrected chi connectivity index (χ4v) is 2.47. The lowest BCUT2D eigenvalue weighted by Crippen LogP contribution is -2.07. The fourth-order valence-electron chi connectivity index (χ4n) is 1.78. The van der Waals surface area contributed by atoms with Gasteiger partial charge in [-0.25, -0.2) is 0 Å². The molecule has 1 fully saturated rings. The predicted molar refractivity (Wildman–Crippen MR) is 71.3 cm³/mol. The molecule has 16 heavy (non-hydrogen) atoms. The first-order chi connectivity index (χ1) is 7.75. The molecule has 0 spiro atoms. The van der Waals surface area contributed by atoms with Gasteiger partial charge in [0.25, 0.3) is 0 Å². The van der Waals surface area contributed by atoms with Crippen LogP contribution in [0.1, 0.15) is 31.6 Å². The first-order valence-electron chi connectivity index (χ1n) is 5.82. The zero-order chi connectivity index (χ0) is 11.4. The van der Waals surface area contributed by atoms with Crippen molar-refractivity contribution in [2.24, 2.45) is 4.99 Å². The van der Waals surface area contributed by atoms with Crippen LogP contribution in [0.5, 0.6) is 0 Å². The standard InChI is InChI=1S/C13H18N2S/c1-10(2)15-12(13-6-4-8-16-13)9-11-5-3-7-14-11/h4,6,8-10,14H,3,5,7H2,1-2H3. The maximum Gasteiger partial charge on any atom is 0.0766 e. The highest BCUT2D eigenvalue weighted by Crippen LogP contribution is 2.16. The van der Waals surface area contributed by atoms with E-state index in [0.29, 0.717) is 6.04 Å². The Hall–Kier alpha value is -1.09. The molecular formula is C13H18N2S. The quantitative estimate of drug-likeness (QED) is 0.798. The number of hydrogen-bond donors (Lipinski definition) is 1. The van der Waals surface area contributed by atoms with Gasteiger partial charge >= 0.3 is 0 Å². The summed E-state index contributed by atoms with van der Waals surface area (Å²) >= 11 is 1.75. The van der Waals surface area contributed by atoms with Crippen LogP contribution in [0.2, 0.25) is 0 Å². The van der Waals surface area contributed by atoms with Gasteiger partial charge in [-0.2, -0.15) is 0 Å². The topological polar surface area (TPSA) is 24.4 Å². The smallest absolute Gasteiger partial charge is 0.0766 e. The van der Waals surface area contributed by atoms with Crippen molar-refractivity contribution in [2.45, 2.75) is 32.7 Å². The molecule has 2 nitrogen and oxygen atoms in total. The van der Waals surface area contributed by atoms with E-state index in [0.717, 1.165) is 18.7 Å². The summed E-state index contributed by atoms with van der Waals surface area (Å²) in [6.07, 6.45) is 4.60. The molecule has 0 radical (unpaired) electrons. The molecule has 2 heterocycles. The second-order valence-electron chi connectivity index (χ2n) is 4.29. The SMILES string of the molecule is CC(C)N=C(C=C1CCCN1)c1cccs1. The van der Waals surface area contributed by atoms with E-state index >= 15 is 0 Å². The van der Waals surface area contributed by atoms with Gasteiger partial charge in [0, 0.05) is 18.3 Å². The van der Waals surface area contributed by atoms with Gasteiger partial charge in [-0.05, 0) is 44.2 Å². The Balaban J connectivity index is 2.25. The van der Waals surface area contributed by atoms with Gasteiger partial charge < -0.3 is 5.32 Å². The molecule has 0 unspecified atom stereocenters. The highest BCUT2D eigenvalue weighted by Gasteiger charge is 2.09. The number of aliphatic imine (C=N–C) groups is 1. The number of allylic oxidation sites excluding steroid dienone is 2. The maximum atomic E-state index is 4.69. The summed E-state index contributed by atoms with van der Waals surface area (Å²) in [7, 11) is 0. The van der Waals surface area contributed by atoms with E-state index in [2.05, 4.69) is 42.8 Å². The molecule has 0 atom stereocenters. The highest BCUT2D eigenvalue weighted by atomic mass is 32.1. The van der Waals surface area contributed by atoms with E-state index in [-0.39, 0.29) is 0 Å². The predicted octanol–water partition coefficient (Wildman–Crippen LogP) is 3.21. The van der Waals surface area contributed by atoms with Crippen LogP contribution in [0.4, 0.5) is 0 Å². The Morgan fingerprint density at radius 1 is 1.56 bits per heavy atom. The van der Waals surface area contributed by atoms with Crippen LogP contribution in [-0.4, -0.2) is 18.3 Å². The molecule has 1 saturated heterocycles. The van der Waals surface area contributed by atoms with Crippen molar-refractivity contribution in [3.8, 4) is 0 Å². The molecule has 1 aliphatic rings. The Labute approximate surface area is 101 Å². The lowest BCUT2D eigenvalue weighted by atomic mass is 10.2. The summed E-state index contributed by atoms with van der Waals surface area (Å²) in [5.41, 5.74) is 2.45. The third-order valence-corrected chi connectivity index (χ3v) is 3.35. The van der Waals surface area contributed by atoms with Crippen LogP contribution in [0.25, 0.3) is 0 Å². The summed E-state index contributed by atoms with van der Waals surface area (Å²) in [6, 6.07) is 4.56. The van der Waals surface area contributed by atoms with Crippen LogP contribution in [0, 0.1) is 0 Å². The van der Waals surface area contributed by atoms with Crippen LogP contribution in [0.3, 0.4) is 0 Å². The van der Waals surface area contributed by atoms with Crippen LogP contribution in [0.15, 0.2) is 34.3 Å². The van der Waals surface area contributed by atoms with Crippen LogP contribution < -0.4 is 5.32 Å². The molecule has 1 aromatic rings. The molecule has 0 amide bonds. The summed E-state index contributed by atoms with van der Waals surface area (Å²) in [5.74, 6) is 0. The maximum absolute atomic E-state index is 4.69. The van der Waals surface area contributed by atoms with Crippen molar-refractivity contribution in [3.05, 3.63) is 34.2 Å². The molecule has 3 heteroatoms. The first-order valence-corrected chi connectivity index (χ1v) is 6.70. The van der Waals surface area contributed by atoms with Gasteiger partial charge in [0.15, 0.2) is 0 Å². The summed E-state index contributed by atoms with van der Waals surface area (Å²) in [6.45, 7) is 5.34. The summed E-state index contributed by atoms with van der Waals surface area (Å²) in [5, 5.41) is 5.51. The van der Waals surface area contributed by atoms with Gasteiger partial charge in [0.05, 0.1) is 10.6 Å². The molecule has 0 saturated carbocycles. The third kappa shape index (κ3) is 2.95. The van der Waals surface area contributed by atoms with Crippen molar-refractivity contribution >= 4 is 17.0 Å². The van der Waals surface area contributed by atoms with Crippen molar-refractivity contribution in [3.63, 3.8) is 0 Å². The van der Waals surface area contributed by atoms with Crippen molar-refractivity contribution in [2.75, 3.05) is 6.54 Å². The van der Waals surface area contributed by atoms with Crippen LogP contribution in [-0.2, 0) is 0 Å². The lowest BCUT2D eigenvalue weighted by Gasteiger charge is -2.04. The van der Waals surface area contributed by atoms with Gasteiger partial charge in [0.2, 0.25) is 0 Å². The number of thiophene rings is 1. The molecule has 1 aliphatic heterocycles. The minimum atomic E-state index is 0.343. The molecule has 2 rings (SSSR count). The minimum absolute atomic E-state index is 0.343. The second kappa shape index (κ2) is 5.30. The molecule has 0 aliphatic carbocycles. The van der Waals surface area contributed by atoms with E-state index in [9.17, 15) is 0 Å². The van der Waals surface area contributed by atoms with Gasteiger partial charge in [-0.1, -0.05) is 6.07 Å². The Kier molecular flexibility index (Phi) is 3.78. The van der Waals surface area contributed by atoms with E-state index in [1.54, 1.807) is 11.3 Å². The Morgan fingerprint density at radius 3 is 3.00 bits per heavy atom. The number of rotatable bonds is 3. The van der Waals surface area contributed by atoms with Crippen LogP contribution >= 0.6 is 11.3 Å². The molecule has 1 aromatic heterocycles. The van der Waals surface area contributed by atoms with Gasteiger partial charge in [-0.3, -0.25) is 4.99 Å². The van der Waals surface area contributed by atoms with E-state index in [1.165, 1.54) is 17.0 Å². The van der Waals surface area contributed by atoms with E-state index < -0.39 is 0 Å². The largest absolute Gasteiger partial charge is 0.388 e. The van der Waals surface area contributed by atoms with E-state index in [4.69, 9.17) is 4.99 Å². The molecular weight excluding hydrogens is 216 g/mol. The molecule has 1 N–H and O–H groups in total. The number of hydrogen-bond acceptors (Lipinski definition) is 3. The van der Waals surface area contributed by atoms with Gasteiger partial charge in [0.1, 0.15) is 0 Å². The highest BCUT2D eigenvalue weighted by molar-refractivity contribution is 7.12. The monoisotopic (exact) mass is 234 g/mol. The van der Waals surface area contributed by atoms with E-state index in [1.807, 2.05) is 0 Å². The number of nitrogens with one attached hydrogen (secondary N) is 1. The average Bonchev–Trinajstić information content (AvgIpc) is 2.88. The average molecular weight is 234 g/mol. The zero-order valence-corrected chi connectivity index (χ0v) is 10.7. The first kappa shape index (κ1) is 11.4. The minimum Gasteiger partial charge on any atom is -0.388 e. The Bertz CT molecular complexity index is 380. The molecule has 0 bridgehead atoms. The normalized spacial score (nSPS) is 19.4. The Morgan fingerprint density at radius 2 is 2.44 bits per heavy atom. The lowest BCUT2D eigenvalue weighted by molar-refractivity contribution is 0.837. The number of nitrogens with zero attached hydrogens (tertiary/aromatic N) is 1.